The molecule has 1 N–H and O–H groups in total. The highest BCUT2D eigenvalue weighted by atomic mass is 35.5. The Hall–Kier alpha value is -3.12. The predicted molar refractivity (Wildman–Crippen MR) is 110 cm³/mol. The fourth-order valence-electron chi connectivity index (χ4n) is 2.86. The average Bonchev–Trinajstić information content (AvgIpc) is 2.69. The molecule has 0 saturated heterocycles. The molecule has 0 spiro atoms. The second kappa shape index (κ2) is 8.92. The molecular weight excluding hydrogens is 394 g/mol. The molecule has 0 aliphatic heterocycles. The topological polar surface area (TPSA) is 85.6 Å². The van der Waals surface area contributed by atoms with Crippen molar-refractivity contribution < 1.29 is 18.7 Å². The van der Waals surface area contributed by atoms with Crippen LogP contribution < -0.4 is 10.9 Å². The van der Waals surface area contributed by atoms with Crippen LogP contribution in [0.25, 0.3) is 11.0 Å². The maximum Gasteiger partial charge on any atom is 0.336 e. The van der Waals surface area contributed by atoms with E-state index in [0.717, 1.165) is 16.5 Å². The maximum absolute atomic E-state index is 12.0. The van der Waals surface area contributed by atoms with E-state index in [9.17, 15) is 14.4 Å². The molecule has 0 unspecified atom stereocenters. The largest absolute Gasteiger partial charge is 0.461 e. The van der Waals surface area contributed by atoms with Crippen molar-refractivity contribution >= 4 is 34.4 Å². The molecule has 0 aliphatic carbocycles. The summed E-state index contributed by atoms with van der Waals surface area (Å²) >= 11 is 5.79. The van der Waals surface area contributed by atoms with Crippen LogP contribution in [0.3, 0.4) is 0 Å². The molecule has 0 bridgehead atoms. The first-order chi connectivity index (χ1) is 13.8. The number of esters is 1. The highest BCUT2D eigenvalue weighted by molar-refractivity contribution is 6.30. The average molecular weight is 414 g/mol. The number of rotatable bonds is 6. The van der Waals surface area contributed by atoms with Crippen LogP contribution in [0, 0.1) is 13.8 Å². The van der Waals surface area contributed by atoms with Crippen molar-refractivity contribution in [2.45, 2.75) is 26.9 Å². The third kappa shape index (κ3) is 5.03. The Labute approximate surface area is 172 Å². The number of fused-ring (bicyclic) bond motifs is 1. The second-order valence-electron chi connectivity index (χ2n) is 6.65. The molecule has 0 atom stereocenters. The van der Waals surface area contributed by atoms with Gasteiger partial charge in [-0.05, 0) is 49.2 Å². The normalized spacial score (nSPS) is 10.7. The van der Waals surface area contributed by atoms with Gasteiger partial charge in [-0.15, -0.1) is 0 Å². The zero-order valence-electron chi connectivity index (χ0n) is 16.1. The van der Waals surface area contributed by atoms with Gasteiger partial charge in [-0.1, -0.05) is 23.7 Å². The number of hydrogen-bond acceptors (Lipinski definition) is 5. The second-order valence-corrected chi connectivity index (χ2v) is 7.08. The number of aryl methyl sites for hydroxylation is 2. The van der Waals surface area contributed by atoms with Gasteiger partial charge >= 0.3 is 11.6 Å². The minimum atomic E-state index is -0.493. The monoisotopic (exact) mass is 413 g/mol. The van der Waals surface area contributed by atoms with Crippen molar-refractivity contribution in [2.24, 2.45) is 0 Å². The molecule has 7 heteroatoms. The number of benzene rings is 2. The molecule has 1 aromatic heterocycles. The van der Waals surface area contributed by atoms with Crippen molar-refractivity contribution in [3.05, 3.63) is 80.2 Å². The fourth-order valence-corrected chi connectivity index (χ4v) is 2.98. The van der Waals surface area contributed by atoms with Gasteiger partial charge < -0.3 is 14.5 Å². The molecule has 3 aromatic rings. The van der Waals surface area contributed by atoms with Gasteiger partial charge in [0.15, 0.2) is 0 Å². The Morgan fingerprint density at radius 2 is 1.83 bits per heavy atom. The fraction of sp³-hybridized carbons (Fsp3) is 0.227. The highest BCUT2D eigenvalue weighted by Gasteiger charge is 2.12. The van der Waals surface area contributed by atoms with Gasteiger partial charge in [0, 0.05) is 34.1 Å². The van der Waals surface area contributed by atoms with Crippen LogP contribution >= 0.6 is 11.6 Å². The zero-order valence-corrected chi connectivity index (χ0v) is 16.8. The summed E-state index contributed by atoms with van der Waals surface area (Å²) in [5.41, 5.74) is 2.92. The summed E-state index contributed by atoms with van der Waals surface area (Å²) < 4.78 is 10.6. The molecule has 0 aliphatic rings. The van der Waals surface area contributed by atoms with Crippen molar-refractivity contribution in [2.75, 3.05) is 6.54 Å². The summed E-state index contributed by atoms with van der Waals surface area (Å²) in [5, 5.41) is 3.92. The van der Waals surface area contributed by atoms with Gasteiger partial charge in [0.25, 0.3) is 5.91 Å². The van der Waals surface area contributed by atoms with Crippen LogP contribution in [0.1, 0.15) is 33.5 Å². The maximum atomic E-state index is 12.0. The lowest BCUT2D eigenvalue weighted by atomic mass is 10.0. The predicted octanol–water partition coefficient (Wildman–Crippen LogP) is 3.93. The van der Waals surface area contributed by atoms with E-state index in [0.29, 0.717) is 21.7 Å². The molecular formula is C22H20ClNO5. The first kappa shape index (κ1) is 20.6. The summed E-state index contributed by atoms with van der Waals surface area (Å²) in [6, 6.07) is 11.5. The third-order valence-corrected chi connectivity index (χ3v) is 4.88. The number of hydrogen-bond donors (Lipinski definition) is 1. The number of amides is 1. The molecule has 1 heterocycles. The first-order valence-electron chi connectivity index (χ1n) is 9.07. The van der Waals surface area contributed by atoms with Crippen LogP contribution in [0.2, 0.25) is 5.02 Å². The van der Waals surface area contributed by atoms with Crippen LogP contribution in [-0.2, 0) is 16.1 Å². The quantitative estimate of drug-likeness (QED) is 0.489. The smallest absolute Gasteiger partial charge is 0.336 e. The van der Waals surface area contributed by atoms with E-state index < -0.39 is 11.6 Å². The van der Waals surface area contributed by atoms with Gasteiger partial charge in [-0.2, -0.15) is 0 Å². The van der Waals surface area contributed by atoms with Crippen LogP contribution in [0.15, 0.2) is 51.7 Å². The van der Waals surface area contributed by atoms with E-state index in [-0.39, 0.29) is 25.5 Å². The van der Waals surface area contributed by atoms with Crippen molar-refractivity contribution in [3.63, 3.8) is 0 Å². The lowest BCUT2D eigenvalue weighted by Crippen LogP contribution is -2.26. The standard InChI is InChI=1S/C22H20ClNO5/c1-13-3-8-18-16(11-20(26)29-21(18)14(13)2)12-28-19(25)9-10-24-22(27)15-4-6-17(23)7-5-15/h3-8,11H,9-10,12H2,1-2H3,(H,24,27). The Morgan fingerprint density at radius 3 is 2.55 bits per heavy atom. The molecule has 3 rings (SSSR count). The van der Waals surface area contributed by atoms with E-state index in [1.54, 1.807) is 24.3 Å². The number of carbonyl (C=O) groups excluding carboxylic acids is 2. The molecule has 1 amide bonds. The Bertz CT molecular complexity index is 1120. The molecule has 6 nitrogen and oxygen atoms in total. The van der Waals surface area contributed by atoms with Gasteiger partial charge in [0.1, 0.15) is 12.2 Å². The van der Waals surface area contributed by atoms with Crippen molar-refractivity contribution in [3.8, 4) is 0 Å². The summed E-state index contributed by atoms with van der Waals surface area (Å²) in [6.07, 6.45) is 0.0108. The molecule has 0 saturated carbocycles. The molecule has 150 valence electrons. The lowest BCUT2D eigenvalue weighted by molar-refractivity contribution is -0.144. The van der Waals surface area contributed by atoms with Crippen molar-refractivity contribution in [1.82, 2.24) is 5.32 Å². The van der Waals surface area contributed by atoms with E-state index >= 15 is 0 Å². The minimum Gasteiger partial charge on any atom is -0.461 e. The summed E-state index contributed by atoms with van der Waals surface area (Å²) in [7, 11) is 0. The molecule has 2 aromatic carbocycles. The Kier molecular flexibility index (Phi) is 6.34. The number of ether oxygens (including phenoxy) is 1. The van der Waals surface area contributed by atoms with E-state index in [4.69, 9.17) is 20.8 Å². The molecule has 29 heavy (non-hydrogen) atoms. The Morgan fingerprint density at radius 1 is 1.10 bits per heavy atom. The Balaban J connectivity index is 1.57. The van der Waals surface area contributed by atoms with E-state index in [1.807, 2.05) is 26.0 Å². The van der Waals surface area contributed by atoms with Gasteiger partial charge in [-0.3, -0.25) is 9.59 Å². The SMILES string of the molecule is Cc1ccc2c(COC(=O)CCNC(=O)c3ccc(Cl)cc3)cc(=O)oc2c1C. The number of nitrogens with one attached hydrogen (secondary N) is 1. The van der Waals surface area contributed by atoms with Gasteiger partial charge in [-0.25, -0.2) is 4.79 Å². The molecule has 0 radical (unpaired) electrons. The van der Waals surface area contributed by atoms with Gasteiger partial charge in [0.2, 0.25) is 0 Å². The number of halogens is 1. The lowest BCUT2D eigenvalue weighted by Gasteiger charge is -2.10. The van der Waals surface area contributed by atoms with Gasteiger partial charge in [0.05, 0.1) is 6.42 Å². The van der Waals surface area contributed by atoms with Crippen LogP contribution in [-0.4, -0.2) is 18.4 Å². The summed E-state index contributed by atoms with van der Waals surface area (Å²) in [6.45, 7) is 3.89. The van der Waals surface area contributed by atoms with Crippen molar-refractivity contribution in [1.29, 1.82) is 0 Å². The van der Waals surface area contributed by atoms with Crippen LogP contribution in [0.5, 0.6) is 0 Å². The van der Waals surface area contributed by atoms with Crippen LogP contribution in [0.4, 0.5) is 0 Å². The minimum absolute atomic E-state index is 0.0108. The summed E-state index contributed by atoms with van der Waals surface area (Å²) in [4.78, 5) is 35.9. The zero-order chi connectivity index (χ0) is 21.0. The summed E-state index contributed by atoms with van der Waals surface area (Å²) in [5.74, 6) is -0.779. The third-order valence-electron chi connectivity index (χ3n) is 4.63. The first-order valence-corrected chi connectivity index (χ1v) is 9.45. The van der Waals surface area contributed by atoms with E-state index in [1.165, 1.54) is 6.07 Å². The van der Waals surface area contributed by atoms with E-state index in [2.05, 4.69) is 5.32 Å². The number of carbonyl (C=O) groups is 2. The highest BCUT2D eigenvalue weighted by Crippen LogP contribution is 2.23. The molecule has 0 fully saturated rings.